The molecule has 3 aromatic carbocycles. The molecule has 4 aromatic rings. The van der Waals surface area contributed by atoms with Crippen LogP contribution in [0, 0.1) is 26.7 Å². The average molecular weight is 539 g/mol. The lowest BCUT2D eigenvalue weighted by molar-refractivity contribution is 0.0930. The van der Waals surface area contributed by atoms with Gasteiger partial charge in [0.2, 0.25) is 5.89 Å². The van der Waals surface area contributed by atoms with E-state index < -0.39 is 0 Å². The first-order chi connectivity index (χ1) is 19.2. The molecule has 0 spiro atoms. The van der Waals surface area contributed by atoms with E-state index in [4.69, 9.17) is 9.15 Å². The predicted molar refractivity (Wildman–Crippen MR) is 162 cm³/mol. The maximum absolute atomic E-state index is 13.7. The first-order valence-corrected chi connectivity index (χ1v) is 14.4. The van der Waals surface area contributed by atoms with Crippen molar-refractivity contribution in [3.05, 3.63) is 106 Å². The smallest absolute Gasteiger partial charge is 0.252 e. The minimum absolute atomic E-state index is 0.0564. The Morgan fingerprint density at radius 3 is 2.35 bits per heavy atom. The van der Waals surface area contributed by atoms with Gasteiger partial charge in [-0.05, 0) is 74.9 Å². The number of rotatable bonds is 12. The van der Waals surface area contributed by atoms with Crippen molar-refractivity contribution < 1.29 is 13.9 Å². The van der Waals surface area contributed by atoms with Gasteiger partial charge in [0, 0.05) is 17.5 Å². The molecular formula is C35H42N2O3. The molecule has 0 aliphatic rings. The fraction of sp³-hybridized carbons (Fsp3) is 0.371. The molecule has 1 aromatic heterocycles. The molecule has 1 heterocycles. The first kappa shape index (κ1) is 29.1. The molecule has 210 valence electrons. The molecule has 0 saturated heterocycles. The summed E-state index contributed by atoms with van der Waals surface area (Å²) < 4.78 is 12.0. The highest BCUT2D eigenvalue weighted by Gasteiger charge is 2.20. The van der Waals surface area contributed by atoms with Crippen molar-refractivity contribution in [2.45, 2.75) is 73.3 Å². The van der Waals surface area contributed by atoms with E-state index in [1.807, 2.05) is 55.5 Å². The van der Waals surface area contributed by atoms with Crippen LogP contribution in [0.5, 0.6) is 5.75 Å². The quantitative estimate of drug-likeness (QED) is 0.197. The van der Waals surface area contributed by atoms with E-state index in [1.54, 1.807) is 0 Å². The highest BCUT2D eigenvalue weighted by molar-refractivity contribution is 5.96. The minimum Gasteiger partial charge on any atom is -0.493 e. The molecule has 0 bridgehead atoms. The van der Waals surface area contributed by atoms with Crippen molar-refractivity contribution in [3.63, 3.8) is 0 Å². The van der Waals surface area contributed by atoms with Crippen LogP contribution >= 0.6 is 0 Å². The second kappa shape index (κ2) is 13.5. The number of oxazole rings is 1. The van der Waals surface area contributed by atoms with Crippen LogP contribution in [0.3, 0.4) is 0 Å². The zero-order chi connectivity index (χ0) is 28.6. The van der Waals surface area contributed by atoms with Gasteiger partial charge in [-0.25, -0.2) is 4.98 Å². The number of carbonyl (C=O) groups is 1. The SMILES string of the molecule is CCCc1ccc(OCCc2nc(-c3ccccc3)oc2C)cc1C(=O)NC(CC(C)C)c1cc(C)cc(C)c1. The number of hydrogen-bond acceptors (Lipinski definition) is 4. The fourth-order valence-corrected chi connectivity index (χ4v) is 5.17. The van der Waals surface area contributed by atoms with Crippen LogP contribution < -0.4 is 10.1 Å². The van der Waals surface area contributed by atoms with Gasteiger partial charge in [0.25, 0.3) is 5.91 Å². The summed E-state index contributed by atoms with van der Waals surface area (Å²) in [5.74, 6) is 2.48. The van der Waals surface area contributed by atoms with E-state index in [0.717, 1.165) is 47.4 Å². The molecule has 5 nitrogen and oxygen atoms in total. The second-order valence-electron chi connectivity index (χ2n) is 11.1. The van der Waals surface area contributed by atoms with Crippen LogP contribution in [0.2, 0.25) is 0 Å². The number of aryl methyl sites for hydroxylation is 4. The molecule has 0 saturated carbocycles. The summed E-state index contributed by atoms with van der Waals surface area (Å²) in [5.41, 5.74) is 7.12. The number of nitrogens with one attached hydrogen (secondary N) is 1. The standard InChI is InChI=1S/C35H42N2O3/c1-7-11-27-14-15-30(39-17-16-32-26(6)40-35(37-32)28-12-9-8-10-13-28)22-31(27)34(38)36-33(18-23(2)3)29-20-24(4)19-25(5)21-29/h8-10,12-15,19-23,33H,7,11,16-18H2,1-6H3,(H,36,38). The molecule has 0 fully saturated rings. The summed E-state index contributed by atoms with van der Waals surface area (Å²) in [6.45, 7) is 13.1. The monoisotopic (exact) mass is 538 g/mol. The van der Waals surface area contributed by atoms with E-state index in [1.165, 1.54) is 11.1 Å². The van der Waals surface area contributed by atoms with Gasteiger partial charge in [0.15, 0.2) is 0 Å². The average Bonchev–Trinajstić information content (AvgIpc) is 3.29. The molecule has 4 rings (SSSR count). The Balaban J connectivity index is 1.49. The Morgan fingerprint density at radius 2 is 1.68 bits per heavy atom. The molecule has 1 amide bonds. The summed E-state index contributed by atoms with van der Waals surface area (Å²) >= 11 is 0. The van der Waals surface area contributed by atoms with Crippen molar-refractivity contribution in [1.29, 1.82) is 0 Å². The van der Waals surface area contributed by atoms with Crippen LogP contribution in [0.25, 0.3) is 11.5 Å². The zero-order valence-corrected chi connectivity index (χ0v) is 24.7. The Kier molecular flexibility index (Phi) is 9.81. The van der Waals surface area contributed by atoms with Crippen LogP contribution in [0.15, 0.2) is 71.1 Å². The van der Waals surface area contributed by atoms with Crippen LogP contribution in [-0.4, -0.2) is 17.5 Å². The van der Waals surface area contributed by atoms with Crippen molar-refractivity contribution in [1.82, 2.24) is 10.3 Å². The number of hydrogen-bond donors (Lipinski definition) is 1. The molecule has 0 radical (unpaired) electrons. The van der Waals surface area contributed by atoms with Crippen molar-refractivity contribution in [2.75, 3.05) is 6.61 Å². The third-order valence-electron chi connectivity index (χ3n) is 7.03. The van der Waals surface area contributed by atoms with E-state index in [-0.39, 0.29) is 11.9 Å². The molecule has 0 aliphatic carbocycles. The number of ether oxygens (including phenoxy) is 1. The van der Waals surface area contributed by atoms with E-state index >= 15 is 0 Å². The highest BCUT2D eigenvalue weighted by Crippen LogP contribution is 2.27. The summed E-state index contributed by atoms with van der Waals surface area (Å²) in [6.07, 6.45) is 3.28. The van der Waals surface area contributed by atoms with Gasteiger partial charge in [-0.2, -0.15) is 0 Å². The lowest BCUT2D eigenvalue weighted by Crippen LogP contribution is -2.30. The van der Waals surface area contributed by atoms with Crippen molar-refractivity contribution in [2.24, 2.45) is 5.92 Å². The number of carbonyl (C=O) groups excluding carboxylic acids is 1. The van der Waals surface area contributed by atoms with Crippen molar-refractivity contribution in [3.8, 4) is 17.2 Å². The molecule has 0 aliphatic heterocycles. The molecule has 1 N–H and O–H groups in total. The van der Waals surface area contributed by atoms with Gasteiger partial charge in [0.1, 0.15) is 11.5 Å². The Morgan fingerprint density at radius 1 is 0.950 bits per heavy atom. The summed E-state index contributed by atoms with van der Waals surface area (Å²) in [7, 11) is 0. The summed E-state index contributed by atoms with van der Waals surface area (Å²) in [4.78, 5) is 18.4. The molecular weight excluding hydrogens is 496 g/mol. The molecule has 40 heavy (non-hydrogen) atoms. The number of nitrogens with zero attached hydrogens (tertiary/aromatic N) is 1. The zero-order valence-electron chi connectivity index (χ0n) is 24.7. The van der Waals surface area contributed by atoms with Gasteiger partial charge in [0.05, 0.1) is 18.3 Å². The number of benzene rings is 3. The normalized spacial score (nSPS) is 12.0. The van der Waals surface area contributed by atoms with Crippen molar-refractivity contribution >= 4 is 5.91 Å². The molecule has 1 atom stereocenters. The number of aromatic nitrogens is 1. The molecule has 5 heteroatoms. The fourth-order valence-electron chi connectivity index (χ4n) is 5.17. The third-order valence-corrected chi connectivity index (χ3v) is 7.03. The topological polar surface area (TPSA) is 64.4 Å². The first-order valence-electron chi connectivity index (χ1n) is 14.4. The Labute approximate surface area is 239 Å². The maximum atomic E-state index is 13.7. The largest absolute Gasteiger partial charge is 0.493 e. The van der Waals surface area contributed by atoms with E-state index in [9.17, 15) is 4.79 Å². The van der Waals surface area contributed by atoms with Gasteiger partial charge >= 0.3 is 0 Å². The predicted octanol–water partition coefficient (Wildman–Crippen LogP) is 8.36. The van der Waals surface area contributed by atoms with Crippen LogP contribution in [0.1, 0.15) is 83.7 Å². The lowest BCUT2D eigenvalue weighted by Gasteiger charge is -2.23. The van der Waals surface area contributed by atoms with Gasteiger partial charge in [-0.15, -0.1) is 0 Å². The lowest BCUT2D eigenvalue weighted by atomic mass is 9.93. The van der Waals surface area contributed by atoms with Crippen LogP contribution in [-0.2, 0) is 12.8 Å². The molecule has 1 unspecified atom stereocenters. The maximum Gasteiger partial charge on any atom is 0.252 e. The van der Waals surface area contributed by atoms with Gasteiger partial charge in [-0.3, -0.25) is 4.79 Å². The van der Waals surface area contributed by atoms with Crippen LogP contribution in [0.4, 0.5) is 0 Å². The Bertz CT molecular complexity index is 1400. The summed E-state index contributed by atoms with van der Waals surface area (Å²) in [6, 6.07) is 22.2. The summed E-state index contributed by atoms with van der Waals surface area (Å²) in [5, 5.41) is 3.35. The Hall–Kier alpha value is -3.86. The van der Waals surface area contributed by atoms with E-state index in [0.29, 0.717) is 36.1 Å². The third kappa shape index (κ3) is 7.62. The van der Waals surface area contributed by atoms with E-state index in [2.05, 4.69) is 63.1 Å². The second-order valence-corrected chi connectivity index (χ2v) is 11.1. The minimum atomic E-state index is -0.0569. The van der Waals surface area contributed by atoms with Gasteiger partial charge < -0.3 is 14.5 Å². The highest BCUT2D eigenvalue weighted by atomic mass is 16.5. The van der Waals surface area contributed by atoms with Gasteiger partial charge in [-0.1, -0.05) is 80.8 Å². The number of amides is 1.